The van der Waals surface area contributed by atoms with E-state index in [9.17, 15) is 4.79 Å². The zero-order valence-electron chi connectivity index (χ0n) is 19.9. The Hall–Kier alpha value is -3.22. The third-order valence-corrected chi connectivity index (χ3v) is 6.34. The van der Waals surface area contributed by atoms with Gasteiger partial charge in [-0.3, -0.25) is 4.79 Å². The van der Waals surface area contributed by atoms with E-state index in [0.717, 1.165) is 59.6 Å². The first kappa shape index (κ1) is 23.0. The van der Waals surface area contributed by atoms with Gasteiger partial charge in [0.15, 0.2) is 5.76 Å². The zero-order chi connectivity index (χ0) is 23.4. The van der Waals surface area contributed by atoms with E-state index < -0.39 is 0 Å². The van der Waals surface area contributed by atoms with Gasteiger partial charge in [-0.15, -0.1) is 0 Å². The summed E-state index contributed by atoms with van der Waals surface area (Å²) in [7, 11) is 0. The van der Waals surface area contributed by atoms with Crippen molar-refractivity contribution in [2.75, 3.05) is 13.2 Å². The molecule has 0 N–H and O–H groups in total. The number of aryl methyl sites for hydroxylation is 3. The van der Waals surface area contributed by atoms with E-state index in [4.69, 9.17) is 14.2 Å². The lowest BCUT2D eigenvalue weighted by Gasteiger charge is -2.36. The topological polar surface area (TPSA) is 81.4 Å². The van der Waals surface area contributed by atoms with Crippen molar-refractivity contribution in [3.05, 3.63) is 58.8 Å². The van der Waals surface area contributed by atoms with Gasteiger partial charge in [-0.05, 0) is 71.1 Å². The zero-order valence-corrected chi connectivity index (χ0v) is 19.9. The molecule has 4 rings (SSSR count). The van der Waals surface area contributed by atoms with Gasteiger partial charge in [0.2, 0.25) is 5.91 Å². The molecule has 3 heterocycles. The molecule has 1 saturated heterocycles. The molecule has 0 aliphatic carbocycles. The molecule has 0 saturated carbocycles. The molecule has 0 bridgehead atoms. The van der Waals surface area contributed by atoms with Crippen LogP contribution in [0.4, 0.5) is 0 Å². The van der Waals surface area contributed by atoms with Gasteiger partial charge in [-0.2, -0.15) is 0 Å². The molecule has 1 aromatic carbocycles. The maximum Gasteiger partial charge on any atom is 0.223 e. The summed E-state index contributed by atoms with van der Waals surface area (Å²) in [6.45, 7) is 9.15. The molecule has 0 radical (unpaired) electrons. The highest BCUT2D eigenvalue weighted by Gasteiger charge is 2.32. The van der Waals surface area contributed by atoms with E-state index in [0.29, 0.717) is 31.0 Å². The Morgan fingerprint density at radius 3 is 2.67 bits per heavy atom. The first-order valence-electron chi connectivity index (χ1n) is 11.8. The van der Waals surface area contributed by atoms with Crippen LogP contribution in [0.3, 0.4) is 0 Å². The number of benzene rings is 1. The highest BCUT2D eigenvalue weighted by atomic mass is 16.5. The Morgan fingerprint density at radius 1 is 1.18 bits per heavy atom. The molecule has 1 atom stereocenters. The van der Waals surface area contributed by atoms with Crippen LogP contribution < -0.4 is 4.74 Å². The largest absolute Gasteiger partial charge is 0.494 e. The number of amides is 1. The van der Waals surface area contributed by atoms with E-state index in [-0.39, 0.29) is 11.9 Å². The van der Waals surface area contributed by atoms with Gasteiger partial charge in [-0.25, -0.2) is 9.97 Å². The molecular weight excluding hydrogens is 416 g/mol. The molecule has 33 heavy (non-hydrogen) atoms. The van der Waals surface area contributed by atoms with Crippen LogP contribution >= 0.6 is 0 Å². The molecule has 0 unspecified atom stereocenters. The summed E-state index contributed by atoms with van der Waals surface area (Å²) in [6, 6.07) is 7.91. The van der Waals surface area contributed by atoms with Gasteiger partial charge in [-0.1, -0.05) is 17.3 Å². The van der Waals surface area contributed by atoms with Crippen LogP contribution in [0.2, 0.25) is 0 Å². The fraction of sp³-hybridized carbons (Fsp3) is 0.462. The number of piperidine rings is 1. The van der Waals surface area contributed by atoms with Gasteiger partial charge in [0, 0.05) is 24.7 Å². The Kier molecular flexibility index (Phi) is 7.06. The van der Waals surface area contributed by atoms with Crippen LogP contribution in [0.15, 0.2) is 35.0 Å². The van der Waals surface area contributed by atoms with Crippen LogP contribution in [0.1, 0.15) is 67.0 Å². The Labute approximate surface area is 195 Å². The minimum atomic E-state index is -0.0897. The van der Waals surface area contributed by atoms with E-state index in [2.05, 4.69) is 10.1 Å². The molecule has 1 aliphatic rings. The fourth-order valence-corrected chi connectivity index (χ4v) is 4.41. The van der Waals surface area contributed by atoms with Crippen molar-refractivity contribution in [1.82, 2.24) is 20.0 Å². The molecule has 174 valence electrons. The van der Waals surface area contributed by atoms with Gasteiger partial charge in [0.25, 0.3) is 0 Å². The smallest absolute Gasteiger partial charge is 0.223 e. The quantitative estimate of drug-likeness (QED) is 0.498. The van der Waals surface area contributed by atoms with E-state index in [1.807, 2.05) is 63.1 Å². The number of hydrogen-bond acceptors (Lipinski definition) is 6. The summed E-state index contributed by atoms with van der Waals surface area (Å²) in [6.07, 6.45) is 5.91. The third kappa shape index (κ3) is 5.07. The normalized spacial score (nSPS) is 16.1. The molecule has 0 spiro atoms. The van der Waals surface area contributed by atoms with Crippen LogP contribution in [0.25, 0.3) is 11.3 Å². The fourth-order valence-electron chi connectivity index (χ4n) is 4.41. The monoisotopic (exact) mass is 448 g/mol. The lowest BCUT2D eigenvalue weighted by molar-refractivity contribution is -0.135. The molecule has 3 aromatic rings. The van der Waals surface area contributed by atoms with Crippen molar-refractivity contribution in [3.63, 3.8) is 0 Å². The number of aromatic nitrogens is 3. The molecule has 1 amide bonds. The minimum absolute atomic E-state index is 0.0897. The second kappa shape index (κ2) is 10.1. The molecular formula is C26H32N4O3. The predicted octanol–water partition coefficient (Wildman–Crippen LogP) is 5.14. The second-order valence-corrected chi connectivity index (χ2v) is 8.61. The van der Waals surface area contributed by atoms with Gasteiger partial charge < -0.3 is 14.2 Å². The van der Waals surface area contributed by atoms with E-state index in [1.165, 1.54) is 0 Å². The maximum absolute atomic E-state index is 13.4. The summed E-state index contributed by atoms with van der Waals surface area (Å²) < 4.78 is 11.1. The highest BCUT2D eigenvalue weighted by Crippen LogP contribution is 2.37. The average Bonchev–Trinajstić information content (AvgIpc) is 3.16. The summed E-state index contributed by atoms with van der Waals surface area (Å²) in [5.74, 6) is 2.39. The summed E-state index contributed by atoms with van der Waals surface area (Å²) in [5.41, 5.74) is 4.65. The lowest BCUT2D eigenvalue weighted by Crippen LogP contribution is -2.39. The number of nitrogens with zero attached hydrogens (tertiary/aromatic N) is 4. The van der Waals surface area contributed by atoms with Crippen LogP contribution in [-0.2, 0) is 11.2 Å². The maximum atomic E-state index is 13.4. The number of carbonyl (C=O) groups excluding carboxylic acids is 1. The van der Waals surface area contributed by atoms with Crippen LogP contribution in [0.5, 0.6) is 5.75 Å². The van der Waals surface area contributed by atoms with Gasteiger partial charge in [0.05, 0.1) is 29.6 Å². The third-order valence-electron chi connectivity index (χ3n) is 6.34. The number of likely N-dealkylation sites (tertiary alicyclic amines) is 1. The van der Waals surface area contributed by atoms with Crippen LogP contribution in [0, 0.1) is 20.8 Å². The van der Waals surface area contributed by atoms with E-state index in [1.54, 1.807) is 0 Å². The van der Waals surface area contributed by atoms with Crippen molar-refractivity contribution in [2.45, 2.75) is 65.8 Å². The summed E-state index contributed by atoms with van der Waals surface area (Å²) in [5, 5.41) is 4.12. The Bertz CT molecular complexity index is 1110. The number of hydrogen-bond donors (Lipinski definition) is 0. The Balaban J connectivity index is 1.55. The van der Waals surface area contributed by atoms with Gasteiger partial charge in [0.1, 0.15) is 11.6 Å². The summed E-state index contributed by atoms with van der Waals surface area (Å²) in [4.78, 5) is 24.6. The van der Waals surface area contributed by atoms with Crippen molar-refractivity contribution >= 4 is 5.91 Å². The SMILES string of the molecule is CCOc1ccc(CCC(=O)N2CCCC[C@H]2c2nc(C)ncc2-c2onc(C)c2C)cc1. The first-order chi connectivity index (χ1) is 16.0. The number of rotatable bonds is 7. The minimum Gasteiger partial charge on any atom is -0.494 e. The predicted molar refractivity (Wildman–Crippen MR) is 126 cm³/mol. The van der Waals surface area contributed by atoms with Crippen molar-refractivity contribution in [1.29, 1.82) is 0 Å². The van der Waals surface area contributed by atoms with Gasteiger partial charge >= 0.3 is 0 Å². The molecule has 7 nitrogen and oxygen atoms in total. The lowest BCUT2D eigenvalue weighted by atomic mass is 9.94. The van der Waals surface area contributed by atoms with Crippen molar-refractivity contribution in [2.24, 2.45) is 0 Å². The van der Waals surface area contributed by atoms with Crippen LogP contribution in [-0.4, -0.2) is 39.1 Å². The van der Waals surface area contributed by atoms with Crippen molar-refractivity contribution in [3.8, 4) is 17.1 Å². The van der Waals surface area contributed by atoms with Crippen molar-refractivity contribution < 1.29 is 14.1 Å². The van der Waals surface area contributed by atoms with E-state index >= 15 is 0 Å². The summed E-state index contributed by atoms with van der Waals surface area (Å²) >= 11 is 0. The number of carbonyl (C=O) groups is 1. The molecule has 1 fully saturated rings. The standard InChI is InChI=1S/C26H32N4O3/c1-5-32-21-12-9-20(10-13-21)11-14-24(31)30-15-7-6-8-23(30)25-22(16-27-19(4)28-25)26-17(2)18(3)29-33-26/h9-10,12-13,16,23H,5-8,11,14-15H2,1-4H3/t23-/m0/s1. The first-order valence-corrected chi connectivity index (χ1v) is 11.8. The highest BCUT2D eigenvalue weighted by molar-refractivity contribution is 5.77. The second-order valence-electron chi connectivity index (χ2n) is 8.61. The number of ether oxygens (including phenoxy) is 1. The molecule has 1 aliphatic heterocycles. The molecule has 2 aromatic heterocycles. The molecule has 7 heteroatoms. The average molecular weight is 449 g/mol. The Morgan fingerprint density at radius 2 is 1.97 bits per heavy atom.